The Bertz CT molecular complexity index is 1880. The summed E-state index contributed by atoms with van der Waals surface area (Å²) in [5.41, 5.74) is 1.43. The molecule has 0 spiro atoms. The smallest absolute Gasteiger partial charge is 0.383 e. The number of halogens is 4. The van der Waals surface area contributed by atoms with Crippen molar-refractivity contribution in [3.05, 3.63) is 95.1 Å². The van der Waals surface area contributed by atoms with Gasteiger partial charge in [-0.1, -0.05) is 48.5 Å². The molecule has 13 heteroatoms. The summed E-state index contributed by atoms with van der Waals surface area (Å²) >= 11 is 0. The Hall–Kier alpha value is -3.91. The number of likely N-dealkylation sites (N-methyl/N-ethyl adjacent to an activating group) is 1. The molecule has 2 heterocycles. The third kappa shape index (κ3) is 8.64. The van der Waals surface area contributed by atoms with Crippen LogP contribution in [-0.4, -0.2) is 88.0 Å². The summed E-state index contributed by atoms with van der Waals surface area (Å²) in [5, 5.41) is 2.32. The second-order valence-electron chi connectivity index (χ2n) is 12.4. The van der Waals surface area contributed by atoms with E-state index < -0.39 is 34.6 Å². The maximum absolute atomic E-state index is 14.5. The first kappa shape index (κ1) is 36.4. The highest BCUT2D eigenvalue weighted by molar-refractivity contribution is 7.90. The van der Waals surface area contributed by atoms with E-state index in [-0.39, 0.29) is 33.5 Å². The van der Waals surface area contributed by atoms with Crippen LogP contribution in [0.5, 0.6) is 0 Å². The number of hydrogen-bond acceptors (Lipinski definition) is 7. The maximum atomic E-state index is 14.5. The lowest BCUT2D eigenvalue weighted by atomic mass is 9.93. The number of fused-ring (bicyclic) bond motifs is 1. The number of nitrogens with zero attached hydrogens (tertiary/aromatic N) is 3. The number of sulfone groups is 1. The largest absolute Gasteiger partial charge is 0.412 e. The third-order valence-corrected chi connectivity index (χ3v) is 10.1. The van der Waals surface area contributed by atoms with E-state index in [0.717, 1.165) is 25.6 Å². The molecule has 1 amide bonds. The SMILES string of the molecule is COCCN(C)C1CCN(Cc2c(-c3cccc(CF)c3)nc3ccc(S(C)(=O)=O)cc3c2C(=O)N[C@H](c2ccccc2)C(F)(F)F)CC1. The van der Waals surface area contributed by atoms with Crippen molar-refractivity contribution in [3.63, 3.8) is 0 Å². The fourth-order valence-corrected chi connectivity index (χ4v) is 6.98. The molecule has 49 heavy (non-hydrogen) atoms. The minimum atomic E-state index is -4.84. The molecule has 5 rings (SSSR count). The molecule has 8 nitrogen and oxygen atoms in total. The van der Waals surface area contributed by atoms with E-state index in [1.54, 1.807) is 37.4 Å². The molecule has 1 aliphatic heterocycles. The van der Waals surface area contributed by atoms with E-state index >= 15 is 0 Å². The predicted octanol–water partition coefficient (Wildman–Crippen LogP) is 6.35. The maximum Gasteiger partial charge on any atom is 0.412 e. The Labute approximate surface area is 284 Å². The van der Waals surface area contributed by atoms with Crippen LogP contribution in [0.4, 0.5) is 17.6 Å². The van der Waals surface area contributed by atoms with Crippen molar-refractivity contribution in [2.45, 2.75) is 49.2 Å². The van der Waals surface area contributed by atoms with Crippen molar-refractivity contribution in [1.29, 1.82) is 0 Å². The summed E-state index contributed by atoms with van der Waals surface area (Å²) in [6.07, 6.45) is -2.22. The highest BCUT2D eigenvalue weighted by Gasteiger charge is 2.42. The Kier molecular flexibility index (Phi) is 11.4. The summed E-state index contributed by atoms with van der Waals surface area (Å²) in [6, 6.07) is 15.7. The molecule has 1 fully saturated rings. The molecule has 0 radical (unpaired) electrons. The normalized spacial score (nSPS) is 15.5. The molecule has 1 aromatic heterocycles. The molecular weight excluding hydrogens is 660 g/mol. The van der Waals surface area contributed by atoms with Crippen LogP contribution in [0.3, 0.4) is 0 Å². The third-order valence-electron chi connectivity index (χ3n) is 9.01. The highest BCUT2D eigenvalue weighted by Crippen LogP contribution is 2.37. The van der Waals surface area contributed by atoms with Gasteiger partial charge in [-0.2, -0.15) is 13.2 Å². The number of alkyl halides is 4. The molecule has 1 atom stereocenters. The van der Waals surface area contributed by atoms with Crippen molar-refractivity contribution in [2.75, 3.05) is 46.7 Å². The fourth-order valence-electron chi connectivity index (χ4n) is 6.33. The molecule has 0 saturated carbocycles. The molecule has 1 aliphatic rings. The van der Waals surface area contributed by atoms with E-state index in [9.17, 15) is 30.8 Å². The van der Waals surface area contributed by atoms with E-state index in [0.29, 0.717) is 48.1 Å². The van der Waals surface area contributed by atoms with E-state index in [4.69, 9.17) is 9.72 Å². The zero-order valence-electron chi connectivity index (χ0n) is 27.6. The number of aromatic nitrogens is 1. The average Bonchev–Trinajstić information content (AvgIpc) is 3.08. The predicted molar refractivity (Wildman–Crippen MR) is 181 cm³/mol. The van der Waals surface area contributed by atoms with Crippen LogP contribution >= 0.6 is 0 Å². The summed E-state index contributed by atoms with van der Waals surface area (Å²) < 4.78 is 87.9. The van der Waals surface area contributed by atoms with Crippen LogP contribution < -0.4 is 5.32 Å². The van der Waals surface area contributed by atoms with Crippen molar-refractivity contribution in [1.82, 2.24) is 20.1 Å². The van der Waals surface area contributed by atoms with Crippen LogP contribution in [0.15, 0.2) is 77.7 Å². The second-order valence-corrected chi connectivity index (χ2v) is 14.5. The number of piperidine rings is 1. The molecule has 262 valence electrons. The standard InChI is InChI=1S/C36H40F4N4O4S/c1-43(18-19-48-2)27-14-16-44(17-15-27)23-30-32(35(45)42-34(36(38,39)40)25-9-5-4-6-10-25)29-21-28(49(3,46)47)12-13-31(29)41-33(30)26-11-7-8-24(20-26)22-37/h4-13,20-21,27,34H,14-19,22-23H2,1-3H3,(H,42,45)/t34-/m1/s1. The number of ether oxygens (including phenoxy) is 1. The van der Waals surface area contributed by atoms with Gasteiger partial charge < -0.3 is 15.0 Å². The van der Waals surface area contributed by atoms with Crippen molar-refractivity contribution < 1.29 is 35.5 Å². The first-order valence-corrected chi connectivity index (χ1v) is 17.8. The van der Waals surface area contributed by atoms with Gasteiger partial charge in [0.15, 0.2) is 15.9 Å². The number of rotatable bonds is 12. The van der Waals surface area contributed by atoms with Gasteiger partial charge in [0, 0.05) is 49.0 Å². The van der Waals surface area contributed by atoms with E-state index in [1.807, 2.05) is 7.05 Å². The molecule has 3 aromatic carbocycles. The Morgan fingerprint density at radius 3 is 2.41 bits per heavy atom. The molecule has 0 aliphatic carbocycles. The van der Waals surface area contributed by atoms with E-state index in [2.05, 4.69) is 15.1 Å². The second kappa shape index (κ2) is 15.3. The number of nitrogens with one attached hydrogen (secondary N) is 1. The first-order chi connectivity index (χ1) is 23.3. The number of carbonyl (C=O) groups excluding carboxylic acids is 1. The number of carbonyl (C=O) groups is 1. The van der Waals surface area contributed by atoms with Crippen LogP contribution in [-0.2, 0) is 27.8 Å². The molecule has 1 saturated heterocycles. The van der Waals surface area contributed by atoms with Gasteiger partial charge >= 0.3 is 6.18 Å². The topological polar surface area (TPSA) is 91.8 Å². The first-order valence-electron chi connectivity index (χ1n) is 16.0. The van der Waals surface area contributed by atoms with Gasteiger partial charge in [-0.25, -0.2) is 17.8 Å². The zero-order chi connectivity index (χ0) is 35.3. The monoisotopic (exact) mass is 700 g/mol. The lowest BCUT2D eigenvalue weighted by Crippen LogP contribution is -2.44. The van der Waals surface area contributed by atoms with Crippen LogP contribution in [0.1, 0.15) is 45.9 Å². The minimum absolute atomic E-state index is 0.101. The molecule has 0 unspecified atom stereocenters. The minimum Gasteiger partial charge on any atom is -0.383 e. The number of pyridine rings is 1. The Morgan fingerprint density at radius 2 is 1.78 bits per heavy atom. The van der Waals surface area contributed by atoms with Gasteiger partial charge in [0.2, 0.25) is 0 Å². The molecule has 0 bridgehead atoms. The fraction of sp³-hybridized carbons (Fsp3) is 0.389. The molecular formula is C36H40F4N4O4S. The van der Waals surface area contributed by atoms with Gasteiger partial charge in [0.05, 0.1) is 28.3 Å². The molecule has 4 aromatic rings. The summed E-state index contributed by atoms with van der Waals surface area (Å²) in [5.74, 6) is -1.03. The Balaban J connectivity index is 1.68. The van der Waals surface area contributed by atoms with Crippen molar-refractivity contribution in [2.24, 2.45) is 0 Å². The highest BCUT2D eigenvalue weighted by atomic mass is 32.2. The number of likely N-dealkylation sites (tertiary alicyclic amines) is 1. The van der Waals surface area contributed by atoms with Gasteiger partial charge in [0.1, 0.15) is 6.67 Å². The van der Waals surface area contributed by atoms with Gasteiger partial charge in [0.25, 0.3) is 5.91 Å². The van der Waals surface area contributed by atoms with Crippen LogP contribution in [0.25, 0.3) is 22.2 Å². The Morgan fingerprint density at radius 1 is 1.06 bits per heavy atom. The van der Waals surface area contributed by atoms with Crippen molar-refractivity contribution in [3.8, 4) is 11.3 Å². The number of amides is 1. The summed E-state index contributed by atoms with van der Waals surface area (Å²) in [6.45, 7) is 2.00. The number of benzene rings is 3. The molecule has 1 N–H and O–H groups in total. The quantitative estimate of drug-likeness (QED) is 0.172. The summed E-state index contributed by atoms with van der Waals surface area (Å²) in [4.78, 5) is 23.5. The lowest BCUT2D eigenvalue weighted by molar-refractivity contribution is -0.155. The lowest BCUT2D eigenvalue weighted by Gasteiger charge is -2.37. The van der Waals surface area contributed by atoms with Gasteiger partial charge in [-0.05, 0) is 68.4 Å². The van der Waals surface area contributed by atoms with Crippen LogP contribution in [0.2, 0.25) is 0 Å². The van der Waals surface area contributed by atoms with Crippen molar-refractivity contribution >= 4 is 26.6 Å². The summed E-state index contributed by atoms with van der Waals surface area (Å²) in [7, 11) is -0.0767. The van der Waals surface area contributed by atoms with Crippen LogP contribution in [0, 0.1) is 0 Å². The zero-order valence-corrected chi connectivity index (χ0v) is 28.5. The number of methoxy groups -OCH3 is 1. The number of hydrogen-bond donors (Lipinski definition) is 1. The average molecular weight is 701 g/mol. The van der Waals surface area contributed by atoms with Gasteiger partial charge in [-0.15, -0.1) is 0 Å². The van der Waals surface area contributed by atoms with Gasteiger partial charge in [-0.3, -0.25) is 9.69 Å². The van der Waals surface area contributed by atoms with E-state index in [1.165, 1.54) is 42.5 Å².